The van der Waals surface area contributed by atoms with Crippen LogP contribution in [0.15, 0.2) is 30.3 Å². The van der Waals surface area contributed by atoms with Crippen LogP contribution in [0.5, 0.6) is 0 Å². The first-order chi connectivity index (χ1) is 14.7. The van der Waals surface area contributed by atoms with Crippen LogP contribution in [0.4, 0.5) is 10.5 Å². The first kappa shape index (κ1) is 23.1. The van der Waals surface area contributed by atoms with Crippen LogP contribution in [-0.2, 0) is 14.3 Å². The molecule has 0 atom stereocenters. The number of urea groups is 1. The summed E-state index contributed by atoms with van der Waals surface area (Å²) >= 11 is 0. The Morgan fingerprint density at radius 2 is 1.52 bits per heavy atom. The van der Waals surface area contributed by atoms with Gasteiger partial charge in [0.2, 0.25) is 0 Å². The summed E-state index contributed by atoms with van der Waals surface area (Å²) in [5, 5.41) is 2.86. The topological polar surface area (TPSA) is 79.0 Å². The lowest BCUT2D eigenvalue weighted by Crippen LogP contribution is -2.52. The van der Waals surface area contributed by atoms with E-state index in [9.17, 15) is 14.4 Å². The highest BCUT2D eigenvalue weighted by Gasteiger charge is 2.33. The number of benzene rings is 1. The summed E-state index contributed by atoms with van der Waals surface area (Å²) < 4.78 is 5.35. The molecule has 0 aromatic heterocycles. The number of carbonyl (C=O) groups excluding carboxylic acids is 3. The van der Waals surface area contributed by atoms with E-state index in [4.69, 9.17) is 4.74 Å². The Balaban J connectivity index is 1.36. The Labute approximate surface area is 185 Å². The van der Waals surface area contributed by atoms with Crippen LogP contribution in [0.2, 0.25) is 0 Å². The maximum absolute atomic E-state index is 12.5. The first-order valence-corrected chi connectivity index (χ1v) is 11.3. The highest BCUT2D eigenvalue weighted by atomic mass is 16.5. The van der Waals surface area contributed by atoms with Crippen molar-refractivity contribution in [1.29, 1.82) is 0 Å². The van der Waals surface area contributed by atoms with Crippen molar-refractivity contribution < 1.29 is 19.1 Å². The van der Waals surface area contributed by atoms with Crippen molar-refractivity contribution >= 4 is 23.6 Å². The van der Waals surface area contributed by atoms with E-state index in [1.807, 2.05) is 30.3 Å². The molecule has 7 heteroatoms. The predicted octanol–water partition coefficient (Wildman–Crippen LogP) is 3.76. The number of esters is 1. The van der Waals surface area contributed by atoms with Crippen molar-refractivity contribution in [3.05, 3.63) is 30.3 Å². The largest absolute Gasteiger partial charge is 0.455 e. The average molecular weight is 430 g/mol. The molecule has 0 radical (unpaired) electrons. The minimum atomic E-state index is -0.249. The van der Waals surface area contributed by atoms with Crippen LogP contribution in [0, 0.1) is 17.3 Å². The zero-order valence-corrected chi connectivity index (χ0v) is 18.9. The molecule has 0 unspecified atom stereocenters. The third kappa shape index (κ3) is 6.45. The molecule has 1 aliphatic heterocycles. The van der Waals surface area contributed by atoms with Crippen LogP contribution >= 0.6 is 0 Å². The lowest BCUT2D eigenvalue weighted by molar-refractivity contribution is -0.157. The minimum absolute atomic E-state index is 0.0927. The standard InChI is InChI=1S/C24H35N3O4/c1-24(2,3)19-11-9-18(10-12-19)22(29)31-17-21(28)26-13-15-27(16-14-26)23(30)25-20-7-5-4-6-8-20/h4-8,18-19H,9-17H2,1-3H3,(H,25,30). The number of anilines is 1. The van der Waals surface area contributed by atoms with E-state index in [-0.39, 0.29) is 35.8 Å². The molecule has 170 valence electrons. The number of carbonyl (C=O) groups is 3. The monoisotopic (exact) mass is 429 g/mol. The maximum atomic E-state index is 12.5. The lowest BCUT2D eigenvalue weighted by Gasteiger charge is -2.36. The zero-order valence-electron chi connectivity index (χ0n) is 18.9. The van der Waals surface area contributed by atoms with Gasteiger partial charge in [0.15, 0.2) is 6.61 Å². The third-order valence-electron chi connectivity index (χ3n) is 6.57. The molecule has 31 heavy (non-hydrogen) atoms. The molecule has 1 heterocycles. The van der Waals surface area contributed by atoms with Crippen molar-refractivity contribution in [3.63, 3.8) is 0 Å². The molecule has 1 aliphatic carbocycles. The molecule has 1 aromatic carbocycles. The van der Waals surface area contributed by atoms with Gasteiger partial charge in [0.1, 0.15) is 0 Å². The number of rotatable bonds is 4. The highest BCUT2D eigenvalue weighted by molar-refractivity contribution is 5.89. The summed E-state index contributed by atoms with van der Waals surface area (Å²) in [6.45, 7) is 8.32. The summed E-state index contributed by atoms with van der Waals surface area (Å²) in [6.07, 6.45) is 3.74. The van der Waals surface area contributed by atoms with Crippen molar-refractivity contribution in [2.24, 2.45) is 17.3 Å². The molecule has 7 nitrogen and oxygen atoms in total. The fourth-order valence-electron chi connectivity index (χ4n) is 4.42. The maximum Gasteiger partial charge on any atom is 0.321 e. The Bertz CT molecular complexity index is 759. The average Bonchev–Trinajstić information content (AvgIpc) is 2.77. The number of nitrogens with one attached hydrogen (secondary N) is 1. The van der Waals surface area contributed by atoms with E-state index in [0.29, 0.717) is 32.1 Å². The molecule has 3 amide bonds. The quantitative estimate of drug-likeness (QED) is 0.739. The predicted molar refractivity (Wildman–Crippen MR) is 119 cm³/mol. The van der Waals surface area contributed by atoms with Gasteiger partial charge in [0.05, 0.1) is 5.92 Å². The van der Waals surface area contributed by atoms with E-state index in [1.165, 1.54) is 0 Å². The number of hydrogen-bond acceptors (Lipinski definition) is 4. The second kappa shape index (κ2) is 10.2. The Morgan fingerprint density at radius 1 is 0.935 bits per heavy atom. The van der Waals surface area contributed by atoms with Crippen LogP contribution in [0.25, 0.3) is 0 Å². The first-order valence-electron chi connectivity index (χ1n) is 11.3. The van der Waals surface area contributed by atoms with Gasteiger partial charge in [-0.2, -0.15) is 0 Å². The summed E-state index contributed by atoms with van der Waals surface area (Å²) in [4.78, 5) is 40.6. The van der Waals surface area contributed by atoms with E-state index < -0.39 is 0 Å². The van der Waals surface area contributed by atoms with Crippen LogP contribution in [0.1, 0.15) is 46.5 Å². The fourth-order valence-corrected chi connectivity index (χ4v) is 4.42. The molecule has 0 bridgehead atoms. The number of nitrogens with zero attached hydrogens (tertiary/aromatic N) is 2. The molecular formula is C24H35N3O4. The van der Waals surface area contributed by atoms with Crippen molar-refractivity contribution in [3.8, 4) is 0 Å². The van der Waals surface area contributed by atoms with E-state index in [2.05, 4.69) is 26.1 Å². The number of amides is 3. The summed E-state index contributed by atoms with van der Waals surface area (Å²) in [5.74, 6) is 0.0972. The van der Waals surface area contributed by atoms with E-state index in [1.54, 1.807) is 9.80 Å². The van der Waals surface area contributed by atoms with Gasteiger partial charge in [-0.15, -0.1) is 0 Å². The second-order valence-electron chi connectivity index (χ2n) is 9.69. The van der Waals surface area contributed by atoms with Gasteiger partial charge in [0, 0.05) is 31.9 Å². The van der Waals surface area contributed by atoms with Crippen LogP contribution in [0.3, 0.4) is 0 Å². The molecule has 1 N–H and O–H groups in total. The Kier molecular flexibility index (Phi) is 7.57. The Morgan fingerprint density at radius 3 is 2.10 bits per heavy atom. The van der Waals surface area contributed by atoms with Gasteiger partial charge in [-0.1, -0.05) is 39.0 Å². The minimum Gasteiger partial charge on any atom is -0.455 e. The molecule has 3 rings (SSSR count). The van der Waals surface area contributed by atoms with E-state index >= 15 is 0 Å². The molecule has 1 saturated carbocycles. The van der Waals surface area contributed by atoms with Crippen LogP contribution in [-0.4, -0.2) is 60.5 Å². The van der Waals surface area contributed by atoms with Crippen molar-refractivity contribution in [2.75, 3.05) is 38.1 Å². The summed E-state index contributed by atoms with van der Waals surface area (Å²) in [5.41, 5.74) is 1.01. The number of piperazine rings is 1. The number of hydrogen-bond donors (Lipinski definition) is 1. The second-order valence-corrected chi connectivity index (χ2v) is 9.69. The zero-order chi connectivity index (χ0) is 22.4. The SMILES string of the molecule is CC(C)(C)C1CCC(C(=O)OCC(=O)N2CCN(C(=O)Nc3ccccc3)CC2)CC1. The van der Waals surface area contributed by atoms with Crippen LogP contribution < -0.4 is 5.32 Å². The summed E-state index contributed by atoms with van der Waals surface area (Å²) in [6, 6.07) is 9.12. The lowest BCUT2D eigenvalue weighted by atomic mass is 9.70. The fraction of sp³-hybridized carbons (Fsp3) is 0.625. The highest BCUT2D eigenvalue weighted by Crippen LogP contribution is 2.40. The van der Waals surface area contributed by atoms with Gasteiger partial charge >= 0.3 is 12.0 Å². The van der Waals surface area contributed by atoms with Gasteiger partial charge < -0.3 is 19.9 Å². The van der Waals surface area contributed by atoms with Gasteiger partial charge in [0.25, 0.3) is 5.91 Å². The number of ether oxygens (including phenoxy) is 1. The Hall–Kier alpha value is -2.57. The van der Waals surface area contributed by atoms with Crippen molar-refractivity contribution in [2.45, 2.75) is 46.5 Å². The van der Waals surface area contributed by atoms with Gasteiger partial charge in [-0.3, -0.25) is 9.59 Å². The molecule has 2 fully saturated rings. The molecular weight excluding hydrogens is 394 g/mol. The number of para-hydroxylation sites is 1. The smallest absolute Gasteiger partial charge is 0.321 e. The van der Waals surface area contributed by atoms with Gasteiger partial charge in [-0.05, 0) is 49.1 Å². The normalized spacial score (nSPS) is 22.0. The van der Waals surface area contributed by atoms with Crippen molar-refractivity contribution in [1.82, 2.24) is 9.80 Å². The third-order valence-corrected chi connectivity index (χ3v) is 6.57. The molecule has 1 saturated heterocycles. The molecule has 0 spiro atoms. The van der Waals surface area contributed by atoms with E-state index in [0.717, 1.165) is 31.4 Å². The summed E-state index contributed by atoms with van der Waals surface area (Å²) in [7, 11) is 0. The molecule has 1 aromatic rings. The van der Waals surface area contributed by atoms with Gasteiger partial charge in [-0.25, -0.2) is 4.79 Å². The molecule has 2 aliphatic rings.